The molecule has 2 aliphatic heterocycles. The van der Waals surface area contributed by atoms with Crippen LogP contribution in [0.3, 0.4) is 0 Å². The van der Waals surface area contributed by atoms with E-state index >= 15 is 0 Å². The van der Waals surface area contributed by atoms with Gasteiger partial charge in [-0.2, -0.15) is 0 Å². The summed E-state index contributed by atoms with van der Waals surface area (Å²) < 4.78 is 10.9. The molecule has 0 aliphatic carbocycles. The molecule has 5 heteroatoms. The number of benzene rings is 1. The predicted octanol–water partition coefficient (Wildman–Crippen LogP) is 2.02. The van der Waals surface area contributed by atoms with Crippen molar-refractivity contribution in [3.63, 3.8) is 0 Å². The van der Waals surface area contributed by atoms with Crippen molar-refractivity contribution in [1.29, 1.82) is 0 Å². The highest BCUT2D eigenvalue weighted by molar-refractivity contribution is 5.67. The number of hydrogen-bond donors (Lipinski definition) is 1. The second-order valence-corrected chi connectivity index (χ2v) is 6.00. The number of nitrogens with zero attached hydrogens (tertiary/aromatic N) is 1. The smallest absolute Gasteiger partial charge is 0.410 e. The first-order valence-electron chi connectivity index (χ1n) is 8.09. The highest BCUT2D eigenvalue weighted by atomic mass is 16.6. The predicted molar refractivity (Wildman–Crippen MR) is 83.5 cm³/mol. The first kappa shape index (κ1) is 15.3. The molecular weight excluding hydrogens is 280 g/mol. The van der Waals surface area contributed by atoms with E-state index in [4.69, 9.17) is 9.47 Å². The Morgan fingerprint density at radius 1 is 1.27 bits per heavy atom. The van der Waals surface area contributed by atoms with E-state index in [-0.39, 0.29) is 6.09 Å². The third-order valence-corrected chi connectivity index (χ3v) is 4.52. The monoisotopic (exact) mass is 304 g/mol. The minimum Gasteiger partial charge on any atom is -0.445 e. The van der Waals surface area contributed by atoms with Crippen molar-refractivity contribution in [1.82, 2.24) is 10.2 Å². The fraction of sp³-hybridized carbons (Fsp3) is 0.588. The van der Waals surface area contributed by atoms with Gasteiger partial charge in [-0.1, -0.05) is 30.3 Å². The molecule has 5 nitrogen and oxygen atoms in total. The third-order valence-electron chi connectivity index (χ3n) is 4.52. The molecule has 22 heavy (non-hydrogen) atoms. The maximum Gasteiger partial charge on any atom is 0.410 e. The summed E-state index contributed by atoms with van der Waals surface area (Å²) in [6, 6.07) is 10.2. The Hall–Kier alpha value is -1.59. The molecule has 0 bridgehead atoms. The number of nitrogens with one attached hydrogen (secondary N) is 1. The standard InChI is InChI=1S/C17H24N2O3/c20-17(22-12-14-4-2-1-3-5-14)19-9-6-15(7-10-19)16-13-21-11-8-18-16/h1-5,15-16,18H,6-13H2. The Labute approximate surface area is 131 Å². The molecular formula is C17H24N2O3. The molecule has 0 aromatic heterocycles. The van der Waals surface area contributed by atoms with Gasteiger partial charge >= 0.3 is 6.09 Å². The van der Waals surface area contributed by atoms with Crippen LogP contribution in [0.1, 0.15) is 18.4 Å². The highest BCUT2D eigenvalue weighted by Crippen LogP contribution is 2.22. The van der Waals surface area contributed by atoms with E-state index in [1.807, 2.05) is 35.2 Å². The van der Waals surface area contributed by atoms with Gasteiger partial charge < -0.3 is 19.7 Å². The van der Waals surface area contributed by atoms with Crippen molar-refractivity contribution in [2.45, 2.75) is 25.5 Å². The molecule has 120 valence electrons. The topological polar surface area (TPSA) is 50.8 Å². The van der Waals surface area contributed by atoms with Crippen LogP contribution in [0.15, 0.2) is 30.3 Å². The van der Waals surface area contributed by atoms with Crippen LogP contribution < -0.4 is 5.32 Å². The lowest BCUT2D eigenvalue weighted by Crippen LogP contribution is -2.50. The average Bonchev–Trinajstić information content (AvgIpc) is 2.61. The number of likely N-dealkylation sites (tertiary alicyclic amines) is 1. The van der Waals surface area contributed by atoms with Crippen LogP contribution >= 0.6 is 0 Å². The Balaban J connectivity index is 1.41. The molecule has 1 aromatic rings. The Bertz CT molecular complexity index is 466. The number of ether oxygens (including phenoxy) is 2. The fourth-order valence-corrected chi connectivity index (χ4v) is 3.18. The fourth-order valence-electron chi connectivity index (χ4n) is 3.18. The number of piperidine rings is 1. The second kappa shape index (κ2) is 7.61. The zero-order chi connectivity index (χ0) is 15.2. The van der Waals surface area contributed by atoms with Crippen molar-refractivity contribution in [3.05, 3.63) is 35.9 Å². The molecule has 0 radical (unpaired) electrons. The summed E-state index contributed by atoms with van der Waals surface area (Å²) >= 11 is 0. The second-order valence-electron chi connectivity index (χ2n) is 6.00. The number of carbonyl (C=O) groups is 1. The van der Waals surface area contributed by atoms with Crippen molar-refractivity contribution >= 4 is 6.09 Å². The summed E-state index contributed by atoms with van der Waals surface area (Å²) in [7, 11) is 0. The lowest BCUT2D eigenvalue weighted by Gasteiger charge is -2.37. The maximum atomic E-state index is 12.1. The van der Waals surface area contributed by atoms with E-state index in [1.54, 1.807) is 0 Å². The molecule has 1 N–H and O–H groups in total. The minimum atomic E-state index is -0.199. The van der Waals surface area contributed by atoms with E-state index in [9.17, 15) is 4.79 Å². The summed E-state index contributed by atoms with van der Waals surface area (Å²) in [4.78, 5) is 13.9. The van der Waals surface area contributed by atoms with E-state index in [2.05, 4.69) is 5.32 Å². The lowest BCUT2D eigenvalue weighted by atomic mass is 9.89. The zero-order valence-electron chi connectivity index (χ0n) is 12.9. The van der Waals surface area contributed by atoms with Gasteiger partial charge in [0.25, 0.3) is 0 Å². The van der Waals surface area contributed by atoms with Crippen molar-refractivity contribution < 1.29 is 14.3 Å². The Kier molecular flexibility index (Phi) is 5.29. The molecule has 3 rings (SSSR count). The van der Waals surface area contributed by atoms with Crippen molar-refractivity contribution in [2.75, 3.05) is 32.8 Å². The van der Waals surface area contributed by atoms with Crippen LogP contribution in [0.5, 0.6) is 0 Å². The molecule has 2 heterocycles. The van der Waals surface area contributed by atoms with Crippen LogP contribution in [-0.2, 0) is 16.1 Å². The summed E-state index contributed by atoms with van der Waals surface area (Å²) in [5.74, 6) is 0.596. The first-order valence-corrected chi connectivity index (χ1v) is 8.09. The lowest BCUT2D eigenvalue weighted by molar-refractivity contribution is 0.0354. The first-order chi connectivity index (χ1) is 10.8. The summed E-state index contributed by atoms with van der Waals surface area (Å²) in [5.41, 5.74) is 1.02. The zero-order valence-corrected chi connectivity index (χ0v) is 12.9. The Morgan fingerprint density at radius 2 is 2.05 bits per heavy atom. The van der Waals surface area contributed by atoms with E-state index in [0.29, 0.717) is 18.6 Å². The molecule has 1 atom stereocenters. The van der Waals surface area contributed by atoms with Gasteiger partial charge in [0.15, 0.2) is 0 Å². The minimum absolute atomic E-state index is 0.199. The molecule has 2 saturated heterocycles. The summed E-state index contributed by atoms with van der Waals surface area (Å²) in [6.45, 7) is 4.43. The largest absolute Gasteiger partial charge is 0.445 e. The Morgan fingerprint density at radius 3 is 2.73 bits per heavy atom. The molecule has 1 aromatic carbocycles. The van der Waals surface area contributed by atoms with Crippen molar-refractivity contribution in [2.24, 2.45) is 5.92 Å². The number of rotatable bonds is 3. The van der Waals surface area contributed by atoms with Crippen LogP contribution in [-0.4, -0.2) is 49.9 Å². The third kappa shape index (κ3) is 3.99. The molecule has 1 unspecified atom stereocenters. The van der Waals surface area contributed by atoms with E-state index in [0.717, 1.165) is 51.3 Å². The van der Waals surface area contributed by atoms with Crippen LogP contribution in [0.2, 0.25) is 0 Å². The number of carbonyl (C=O) groups excluding carboxylic acids is 1. The quantitative estimate of drug-likeness (QED) is 0.928. The molecule has 0 saturated carbocycles. The molecule has 2 fully saturated rings. The summed E-state index contributed by atoms with van der Waals surface area (Å²) in [6.07, 6.45) is 1.83. The van der Waals surface area contributed by atoms with Gasteiger partial charge in [0, 0.05) is 25.7 Å². The maximum absolute atomic E-state index is 12.1. The number of amides is 1. The van der Waals surface area contributed by atoms with Gasteiger partial charge in [0.1, 0.15) is 6.61 Å². The van der Waals surface area contributed by atoms with E-state index in [1.165, 1.54) is 0 Å². The van der Waals surface area contributed by atoms with Gasteiger partial charge in [-0.05, 0) is 24.3 Å². The van der Waals surface area contributed by atoms with Crippen LogP contribution in [0.25, 0.3) is 0 Å². The molecule has 2 aliphatic rings. The van der Waals surface area contributed by atoms with Crippen LogP contribution in [0, 0.1) is 5.92 Å². The van der Waals surface area contributed by atoms with Gasteiger partial charge in [-0.3, -0.25) is 0 Å². The highest BCUT2D eigenvalue weighted by Gasteiger charge is 2.30. The van der Waals surface area contributed by atoms with E-state index < -0.39 is 0 Å². The average molecular weight is 304 g/mol. The van der Waals surface area contributed by atoms with Gasteiger partial charge in [-0.25, -0.2) is 4.79 Å². The summed E-state index contributed by atoms with van der Waals surface area (Å²) in [5, 5.41) is 3.52. The number of hydrogen-bond acceptors (Lipinski definition) is 4. The molecule has 1 amide bonds. The van der Waals surface area contributed by atoms with Crippen molar-refractivity contribution in [3.8, 4) is 0 Å². The van der Waals surface area contributed by atoms with Crippen LogP contribution in [0.4, 0.5) is 4.79 Å². The number of morpholine rings is 1. The van der Waals surface area contributed by atoms with Gasteiger partial charge in [0.05, 0.1) is 13.2 Å². The normalized spacial score (nSPS) is 23.3. The molecule has 0 spiro atoms. The van der Waals surface area contributed by atoms with Gasteiger partial charge in [0.2, 0.25) is 0 Å². The van der Waals surface area contributed by atoms with Gasteiger partial charge in [-0.15, -0.1) is 0 Å². The SMILES string of the molecule is O=C(OCc1ccccc1)N1CCC(C2COCCN2)CC1.